The van der Waals surface area contributed by atoms with Gasteiger partial charge in [0.05, 0.1) is 22.2 Å². The molecule has 148 valence electrons. The first-order chi connectivity index (χ1) is 13.5. The Balaban J connectivity index is 1.49. The molecule has 8 heteroatoms. The molecular formula is C20H23N3O3S2. The number of sulfonamides is 1. The summed E-state index contributed by atoms with van der Waals surface area (Å²) in [6, 6.07) is 12.8. The molecule has 0 radical (unpaired) electrons. The van der Waals surface area contributed by atoms with Gasteiger partial charge in [-0.05, 0) is 42.3 Å². The fourth-order valence-electron chi connectivity index (χ4n) is 3.43. The van der Waals surface area contributed by atoms with Crippen LogP contribution < -0.4 is 9.64 Å². The van der Waals surface area contributed by atoms with E-state index in [0.717, 1.165) is 17.1 Å². The number of hydrogen-bond donors (Lipinski definition) is 0. The lowest BCUT2D eigenvalue weighted by atomic mass is 10.1. The Morgan fingerprint density at radius 2 is 1.79 bits per heavy atom. The van der Waals surface area contributed by atoms with Crippen LogP contribution in [0.5, 0.6) is 5.75 Å². The van der Waals surface area contributed by atoms with Gasteiger partial charge < -0.3 is 9.64 Å². The number of fused-ring (bicyclic) bond motifs is 1. The van der Waals surface area contributed by atoms with Crippen LogP contribution in [0.15, 0.2) is 47.4 Å². The molecule has 2 aromatic carbocycles. The number of aryl methyl sites for hydroxylation is 1. The molecule has 28 heavy (non-hydrogen) atoms. The van der Waals surface area contributed by atoms with Crippen molar-refractivity contribution < 1.29 is 13.2 Å². The van der Waals surface area contributed by atoms with Crippen LogP contribution in [0.4, 0.5) is 5.13 Å². The maximum Gasteiger partial charge on any atom is 0.243 e. The van der Waals surface area contributed by atoms with E-state index in [9.17, 15) is 8.42 Å². The molecule has 2 heterocycles. The van der Waals surface area contributed by atoms with Crippen molar-refractivity contribution in [1.82, 2.24) is 9.29 Å². The van der Waals surface area contributed by atoms with Crippen LogP contribution in [-0.4, -0.2) is 51.0 Å². The van der Waals surface area contributed by atoms with Crippen molar-refractivity contribution in [1.29, 1.82) is 0 Å². The van der Waals surface area contributed by atoms with E-state index in [0.29, 0.717) is 36.8 Å². The number of ether oxygens (including phenoxy) is 1. The van der Waals surface area contributed by atoms with Gasteiger partial charge in [-0.15, -0.1) is 0 Å². The van der Waals surface area contributed by atoms with Gasteiger partial charge in [0.15, 0.2) is 5.13 Å². The number of hydrogen-bond acceptors (Lipinski definition) is 6. The normalized spacial score (nSPS) is 15.9. The zero-order valence-corrected chi connectivity index (χ0v) is 17.6. The molecule has 0 saturated carbocycles. The Labute approximate surface area is 169 Å². The zero-order valence-electron chi connectivity index (χ0n) is 16.0. The van der Waals surface area contributed by atoms with Crippen LogP contribution in [0.3, 0.4) is 0 Å². The highest BCUT2D eigenvalue weighted by Gasteiger charge is 2.29. The Kier molecular flexibility index (Phi) is 5.27. The Morgan fingerprint density at radius 3 is 2.43 bits per heavy atom. The number of rotatable bonds is 5. The highest BCUT2D eigenvalue weighted by Crippen LogP contribution is 2.32. The van der Waals surface area contributed by atoms with Crippen molar-refractivity contribution in [2.24, 2.45) is 0 Å². The van der Waals surface area contributed by atoms with Crippen LogP contribution in [0.1, 0.15) is 12.5 Å². The van der Waals surface area contributed by atoms with Gasteiger partial charge in [0.1, 0.15) is 5.75 Å². The van der Waals surface area contributed by atoms with E-state index in [2.05, 4.69) is 30.0 Å². The van der Waals surface area contributed by atoms with Crippen molar-refractivity contribution in [2.75, 3.05) is 38.2 Å². The predicted molar refractivity (Wildman–Crippen MR) is 113 cm³/mol. The maximum atomic E-state index is 12.9. The quantitative estimate of drug-likeness (QED) is 0.637. The first-order valence-corrected chi connectivity index (χ1v) is 11.6. The molecular weight excluding hydrogens is 394 g/mol. The molecule has 4 rings (SSSR count). The van der Waals surface area contributed by atoms with E-state index in [1.807, 2.05) is 0 Å². The third-order valence-electron chi connectivity index (χ3n) is 5.08. The van der Waals surface area contributed by atoms with Gasteiger partial charge in [0.2, 0.25) is 10.0 Å². The van der Waals surface area contributed by atoms with Crippen LogP contribution in [0.2, 0.25) is 0 Å². The average molecular weight is 418 g/mol. The molecule has 0 N–H and O–H groups in total. The number of benzene rings is 2. The van der Waals surface area contributed by atoms with E-state index in [1.54, 1.807) is 47.0 Å². The van der Waals surface area contributed by atoms with E-state index < -0.39 is 10.0 Å². The van der Waals surface area contributed by atoms with Gasteiger partial charge in [-0.1, -0.05) is 30.4 Å². The molecule has 1 saturated heterocycles. The van der Waals surface area contributed by atoms with E-state index in [-0.39, 0.29) is 0 Å². The summed E-state index contributed by atoms with van der Waals surface area (Å²) in [6.45, 7) is 4.31. The molecule has 0 bridgehead atoms. The van der Waals surface area contributed by atoms with Crippen molar-refractivity contribution in [3.8, 4) is 5.75 Å². The SMILES string of the molecule is CCc1cccc2sc(N3CCN(S(=O)(=O)c4ccc(OC)cc4)CC3)nc12. The Morgan fingerprint density at radius 1 is 1.07 bits per heavy atom. The average Bonchev–Trinajstić information content (AvgIpc) is 3.18. The van der Waals surface area contributed by atoms with E-state index in [1.165, 1.54) is 10.3 Å². The van der Waals surface area contributed by atoms with Crippen molar-refractivity contribution in [2.45, 2.75) is 18.2 Å². The van der Waals surface area contributed by atoms with E-state index >= 15 is 0 Å². The fourth-order valence-corrected chi connectivity index (χ4v) is 5.92. The summed E-state index contributed by atoms with van der Waals surface area (Å²) in [4.78, 5) is 7.32. The smallest absolute Gasteiger partial charge is 0.243 e. The maximum absolute atomic E-state index is 12.9. The molecule has 0 spiro atoms. The topological polar surface area (TPSA) is 62.7 Å². The number of para-hydroxylation sites is 1. The molecule has 0 aliphatic carbocycles. The molecule has 1 fully saturated rings. The van der Waals surface area contributed by atoms with Crippen molar-refractivity contribution in [3.05, 3.63) is 48.0 Å². The third kappa shape index (κ3) is 3.47. The molecule has 0 amide bonds. The minimum Gasteiger partial charge on any atom is -0.497 e. The van der Waals surface area contributed by atoms with Gasteiger partial charge >= 0.3 is 0 Å². The molecule has 3 aromatic rings. The molecule has 0 unspecified atom stereocenters. The molecule has 1 aliphatic rings. The summed E-state index contributed by atoms with van der Waals surface area (Å²) < 4.78 is 33.7. The fraction of sp³-hybridized carbons (Fsp3) is 0.350. The Bertz CT molecular complexity index is 1070. The van der Waals surface area contributed by atoms with Crippen LogP contribution in [-0.2, 0) is 16.4 Å². The number of methoxy groups -OCH3 is 1. The van der Waals surface area contributed by atoms with E-state index in [4.69, 9.17) is 9.72 Å². The second kappa shape index (κ2) is 7.69. The van der Waals surface area contributed by atoms with Gasteiger partial charge in [-0.3, -0.25) is 0 Å². The number of piperazine rings is 1. The lowest BCUT2D eigenvalue weighted by Crippen LogP contribution is -2.48. The standard InChI is InChI=1S/C20H23N3O3S2/c1-3-15-5-4-6-18-19(15)21-20(27-18)22-11-13-23(14-12-22)28(24,25)17-9-7-16(26-2)8-10-17/h4-10H,3,11-14H2,1-2H3. The largest absolute Gasteiger partial charge is 0.497 e. The van der Waals surface area contributed by atoms with Crippen molar-refractivity contribution in [3.63, 3.8) is 0 Å². The minimum absolute atomic E-state index is 0.300. The van der Waals surface area contributed by atoms with Gasteiger partial charge in [0, 0.05) is 26.2 Å². The highest BCUT2D eigenvalue weighted by molar-refractivity contribution is 7.89. The highest BCUT2D eigenvalue weighted by atomic mass is 32.2. The summed E-state index contributed by atoms with van der Waals surface area (Å²) >= 11 is 1.68. The van der Waals surface area contributed by atoms with Crippen LogP contribution >= 0.6 is 11.3 Å². The monoisotopic (exact) mass is 417 g/mol. The first kappa shape index (κ1) is 19.2. The molecule has 1 aliphatic heterocycles. The molecule has 1 aromatic heterocycles. The second-order valence-electron chi connectivity index (χ2n) is 6.68. The first-order valence-electron chi connectivity index (χ1n) is 9.30. The summed E-state index contributed by atoms with van der Waals surface area (Å²) in [7, 11) is -1.93. The summed E-state index contributed by atoms with van der Waals surface area (Å²) in [5.41, 5.74) is 2.32. The number of anilines is 1. The second-order valence-corrected chi connectivity index (χ2v) is 9.63. The van der Waals surface area contributed by atoms with Gasteiger partial charge in [-0.25, -0.2) is 13.4 Å². The number of nitrogens with zero attached hydrogens (tertiary/aromatic N) is 3. The number of thiazole rings is 1. The van der Waals surface area contributed by atoms with Crippen LogP contribution in [0, 0.1) is 0 Å². The molecule has 6 nitrogen and oxygen atoms in total. The zero-order chi connectivity index (χ0) is 19.7. The molecule has 0 atom stereocenters. The Hall–Kier alpha value is -2.16. The lowest BCUT2D eigenvalue weighted by molar-refractivity contribution is 0.384. The summed E-state index contributed by atoms with van der Waals surface area (Å²) in [5, 5.41) is 0.970. The van der Waals surface area contributed by atoms with Crippen LogP contribution in [0.25, 0.3) is 10.2 Å². The minimum atomic E-state index is -3.49. The third-order valence-corrected chi connectivity index (χ3v) is 8.07. The van der Waals surface area contributed by atoms with Gasteiger partial charge in [0.25, 0.3) is 0 Å². The lowest BCUT2D eigenvalue weighted by Gasteiger charge is -2.33. The summed E-state index contributed by atoms with van der Waals surface area (Å²) in [6.07, 6.45) is 0.953. The van der Waals surface area contributed by atoms with Gasteiger partial charge in [-0.2, -0.15) is 4.31 Å². The summed E-state index contributed by atoms with van der Waals surface area (Å²) in [5.74, 6) is 0.644. The predicted octanol–water partition coefficient (Wildman–Crippen LogP) is 3.38. The van der Waals surface area contributed by atoms with Crippen molar-refractivity contribution >= 4 is 36.7 Å². The number of aromatic nitrogens is 1.